The lowest BCUT2D eigenvalue weighted by atomic mass is 9.95. The number of fused-ring (bicyclic) bond motifs is 3. The van der Waals surface area contributed by atoms with Gasteiger partial charge in [-0.15, -0.1) is 0 Å². The highest BCUT2D eigenvalue weighted by Crippen LogP contribution is 2.29. The number of rotatable bonds is 6. The number of nitrogens with zero attached hydrogens (tertiary/aromatic N) is 1. The van der Waals surface area contributed by atoms with Crippen LogP contribution < -0.4 is 5.32 Å². The van der Waals surface area contributed by atoms with E-state index in [9.17, 15) is 14.7 Å². The number of aliphatic hydroxyl groups excluding tert-OH is 1. The zero-order valence-electron chi connectivity index (χ0n) is 19.2. The van der Waals surface area contributed by atoms with Crippen molar-refractivity contribution in [3.8, 4) is 5.69 Å². The lowest BCUT2D eigenvalue weighted by Crippen LogP contribution is -2.22. The fourth-order valence-electron chi connectivity index (χ4n) is 4.99. The van der Waals surface area contributed by atoms with Gasteiger partial charge in [0.25, 0.3) is 0 Å². The normalized spacial score (nSPS) is 15.1. The lowest BCUT2D eigenvalue weighted by molar-refractivity contribution is 0.0526. The van der Waals surface area contributed by atoms with Crippen LogP contribution in [-0.4, -0.2) is 28.2 Å². The molecule has 0 fully saturated rings. The summed E-state index contributed by atoms with van der Waals surface area (Å²) in [6.07, 6.45) is 1.34. The van der Waals surface area contributed by atoms with E-state index in [4.69, 9.17) is 9.47 Å². The minimum Gasteiger partial charge on any atom is -0.457 e. The summed E-state index contributed by atoms with van der Waals surface area (Å²) in [6, 6.07) is 17.7. The molecule has 1 aromatic heterocycles. The first-order valence-corrected chi connectivity index (χ1v) is 11.6. The first-order valence-electron chi connectivity index (χ1n) is 11.6. The molecular formula is C28H24N2O5. The molecule has 176 valence electrons. The molecular weight excluding hydrogens is 444 g/mol. The van der Waals surface area contributed by atoms with Crippen molar-refractivity contribution in [3.63, 3.8) is 0 Å². The molecule has 2 N–H and O–H groups in total. The van der Waals surface area contributed by atoms with Gasteiger partial charge in [0.15, 0.2) is 0 Å². The number of cyclic esters (lactones) is 2. The highest BCUT2D eigenvalue weighted by atomic mass is 16.5. The van der Waals surface area contributed by atoms with Crippen molar-refractivity contribution in [1.29, 1.82) is 0 Å². The van der Waals surface area contributed by atoms with Gasteiger partial charge in [0.05, 0.1) is 22.7 Å². The van der Waals surface area contributed by atoms with Gasteiger partial charge in [0.1, 0.15) is 13.2 Å². The molecule has 0 amide bonds. The molecule has 7 heteroatoms. The summed E-state index contributed by atoms with van der Waals surface area (Å²) in [6.45, 7) is 3.51. The van der Waals surface area contributed by atoms with Gasteiger partial charge >= 0.3 is 11.9 Å². The Morgan fingerprint density at radius 1 is 0.971 bits per heavy atom. The highest BCUT2D eigenvalue weighted by Gasteiger charge is 2.25. The Balaban J connectivity index is 1.14. The van der Waals surface area contributed by atoms with Crippen LogP contribution in [0.25, 0.3) is 16.6 Å². The number of aromatic nitrogens is 1. The SMILES string of the molecule is Cc1c(C(O)CNCc2ccc3c(ccn3-c3ccc4c(c3)COC4=O)c2)ccc2c1COC2=O. The summed E-state index contributed by atoms with van der Waals surface area (Å²) in [4.78, 5) is 23.5. The maximum Gasteiger partial charge on any atom is 0.338 e. The first-order chi connectivity index (χ1) is 17.0. The van der Waals surface area contributed by atoms with Crippen molar-refractivity contribution in [1.82, 2.24) is 9.88 Å². The predicted molar refractivity (Wildman–Crippen MR) is 129 cm³/mol. The molecule has 2 aliphatic heterocycles. The van der Waals surface area contributed by atoms with Gasteiger partial charge in [0, 0.05) is 41.5 Å². The van der Waals surface area contributed by atoms with Crippen LogP contribution in [-0.2, 0) is 29.2 Å². The zero-order valence-corrected chi connectivity index (χ0v) is 19.2. The molecule has 3 aromatic carbocycles. The quantitative estimate of drug-likeness (QED) is 0.414. The number of esters is 2. The van der Waals surface area contributed by atoms with E-state index in [2.05, 4.69) is 34.1 Å². The van der Waals surface area contributed by atoms with Gasteiger partial charge in [-0.25, -0.2) is 9.59 Å². The molecule has 0 radical (unpaired) electrons. The Labute approximate surface area is 201 Å². The van der Waals surface area contributed by atoms with Gasteiger partial charge in [-0.05, 0) is 66.1 Å². The van der Waals surface area contributed by atoms with Crippen LogP contribution in [0, 0.1) is 6.92 Å². The molecule has 3 heterocycles. The molecule has 0 saturated carbocycles. The Morgan fingerprint density at radius 2 is 1.77 bits per heavy atom. The molecule has 7 nitrogen and oxygen atoms in total. The lowest BCUT2D eigenvalue weighted by Gasteiger charge is -2.16. The van der Waals surface area contributed by atoms with Crippen molar-refractivity contribution in [2.75, 3.05) is 6.54 Å². The summed E-state index contributed by atoms with van der Waals surface area (Å²) in [5.41, 5.74) is 7.89. The standard InChI is InChI=1S/C28H24N2O5/c1-16-21(5-6-23-24(16)15-35-28(23)33)26(31)13-29-12-17-2-7-25-18(10-17)8-9-30(25)20-3-4-22-19(11-20)14-34-27(22)32/h2-11,26,29,31H,12-15H2,1H3. The fourth-order valence-corrected chi connectivity index (χ4v) is 4.99. The third-order valence-corrected chi connectivity index (χ3v) is 6.93. The number of hydrogen-bond donors (Lipinski definition) is 2. The van der Waals surface area contributed by atoms with Gasteiger partial charge in [-0.2, -0.15) is 0 Å². The Morgan fingerprint density at radius 3 is 2.66 bits per heavy atom. The van der Waals surface area contributed by atoms with Crippen LogP contribution in [0.3, 0.4) is 0 Å². The van der Waals surface area contributed by atoms with E-state index in [0.717, 1.165) is 44.4 Å². The third kappa shape index (κ3) is 3.69. The second-order valence-electron chi connectivity index (χ2n) is 9.03. The molecule has 0 aliphatic carbocycles. The monoisotopic (exact) mass is 468 g/mol. The Hall–Kier alpha value is -3.94. The van der Waals surface area contributed by atoms with Crippen molar-refractivity contribution in [2.24, 2.45) is 0 Å². The molecule has 1 atom stereocenters. The number of hydrogen-bond acceptors (Lipinski definition) is 6. The van der Waals surface area contributed by atoms with Crippen LogP contribution in [0.5, 0.6) is 0 Å². The molecule has 2 aliphatic rings. The first kappa shape index (κ1) is 21.6. The predicted octanol–water partition coefficient (Wildman–Crippen LogP) is 4.10. The zero-order chi connectivity index (χ0) is 24.1. The maximum atomic E-state index is 11.7. The smallest absolute Gasteiger partial charge is 0.338 e. The summed E-state index contributed by atoms with van der Waals surface area (Å²) in [5.74, 6) is -0.562. The highest BCUT2D eigenvalue weighted by molar-refractivity contribution is 5.94. The van der Waals surface area contributed by atoms with Crippen molar-refractivity contribution >= 4 is 22.8 Å². The number of carbonyl (C=O) groups is 2. The van der Waals surface area contributed by atoms with Gasteiger partial charge in [0.2, 0.25) is 0 Å². The van der Waals surface area contributed by atoms with Crippen LogP contribution >= 0.6 is 0 Å². The van der Waals surface area contributed by atoms with E-state index in [1.54, 1.807) is 6.07 Å². The Kier molecular flexibility index (Phi) is 5.16. The van der Waals surface area contributed by atoms with E-state index in [-0.39, 0.29) is 18.5 Å². The second-order valence-corrected chi connectivity index (χ2v) is 9.03. The minimum atomic E-state index is -0.684. The van der Waals surface area contributed by atoms with Gasteiger partial charge < -0.3 is 24.5 Å². The van der Waals surface area contributed by atoms with Crippen LogP contribution in [0.15, 0.2) is 60.8 Å². The summed E-state index contributed by atoms with van der Waals surface area (Å²) in [7, 11) is 0. The van der Waals surface area contributed by atoms with Crippen LogP contribution in [0.1, 0.15) is 54.6 Å². The second kappa shape index (κ2) is 8.37. The van der Waals surface area contributed by atoms with E-state index < -0.39 is 6.10 Å². The summed E-state index contributed by atoms with van der Waals surface area (Å²) >= 11 is 0. The number of benzene rings is 3. The van der Waals surface area contributed by atoms with Crippen molar-refractivity contribution in [2.45, 2.75) is 32.8 Å². The number of ether oxygens (including phenoxy) is 2. The van der Waals surface area contributed by atoms with Crippen LogP contribution in [0.4, 0.5) is 0 Å². The molecule has 1 unspecified atom stereocenters. The molecule has 6 rings (SSSR count). The van der Waals surface area contributed by atoms with Gasteiger partial charge in [-0.1, -0.05) is 12.1 Å². The largest absolute Gasteiger partial charge is 0.457 e. The number of nitrogens with one attached hydrogen (secondary N) is 1. The van der Waals surface area contributed by atoms with Crippen molar-refractivity contribution < 1.29 is 24.2 Å². The maximum absolute atomic E-state index is 11.7. The molecule has 0 saturated heterocycles. The van der Waals surface area contributed by atoms with Gasteiger partial charge in [-0.3, -0.25) is 0 Å². The van der Waals surface area contributed by atoms with E-state index in [0.29, 0.717) is 30.8 Å². The average molecular weight is 469 g/mol. The fraction of sp³-hybridized carbons (Fsp3) is 0.214. The summed E-state index contributed by atoms with van der Waals surface area (Å²) in [5, 5.41) is 15.2. The number of carbonyl (C=O) groups excluding carboxylic acids is 2. The molecule has 35 heavy (non-hydrogen) atoms. The van der Waals surface area contributed by atoms with Crippen LogP contribution in [0.2, 0.25) is 0 Å². The number of aliphatic hydroxyl groups is 1. The summed E-state index contributed by atoms with van der Waals surface area (Å²) < 4.78 is 12.3. The Bertz CT molecular complexity index is 1500. The van der Waals surface area contributed by atoms with E-state index >= 15 is 0 Å². The van der Waals surface area contributed by atoms with E-state index in [1.807, 2.05) is 37.4 Å². The third-order valence-electron chi connectivity index (χ3n) is 6.93. The van der Waals surface area contributed by atoms with Crippen molar-refractivity contribution in [3.05, 3.63) is 99.7 Å². The molecule has 4 aromatic rings. The minimum absolute atomic E-state index is 0.262. The topological polar surface area (TPSA) is 89.8 Å². The average Bonchev–Trinajstić information content (AvgIpc) is 3.56. The van der Waals surface area contributed by atoms with E-state index in [1.165, 1.54) is 0 Å². The molecule has 0 bridgehead atoms. The molecule has 0 spiro atoms.